The zero-order valence-electron chi connectivity index (χ0n) is 10.5. The zero-order chi connectivity index (χ0) is 13.7. The number of anilines is 1. The van der Waals surface area contributed by atoms with Crippen molar-refractivity contribution in [2.45, 2.75) is 19.9 Å². The lowest BCUT2D eigenvalue weighted by atomic mass is 10.1. The Hall–Kier alpha value is -2.50. The van der Waals surface area contributed by atoms with E-state index in [4.69, 9.17) is 0 Å². The van der Waals surface area contributed by atoms with E-state index in [9.17, 15) is 9.59 Å². The Morgan fingerprint density at radius 1 is 1.47 bits per heavy atom. The average Bonchev–Trinajstić information content (AvgIpc) is 2.86. The van der Waals surface area contributed by atoms with Gasteiger partial charge >= 0.3 is 0 Å². The molecule has 1 N–H and O–H groups in total. The minimum Gasteiger partial charge on any atom is -0.324 e. The summed E-state index contributed by atoms with van der Waals surface area (Å²) in [6, 6.07) is 7.66. The number of benzene rings is 1. The number of rotatable bonds is 5. The molecule has 0 atom stereocenters. The Kier molecular flexibility index (Phi) is 4.02. The molecule has 6 nitrogen and oxygen atoms in total. The van der Waals surface area contributed by atoms with Gasteiger partial charge in [-0.1, -0.05) is 24.3 Å². The van der Waals surface area contributed by atoms with E-state index in [0.29, 0.717) is 6.29 Å². The predicted molar refractivity (Wildman–Crippen MR) is 69.9 cm³/mol. The van der Waals surface area contributed by atoms with Crippen molar-refractivity contribution >= 4 is 17.9 Å². The Balaban J connectivity index is 1.98. The van der Waals surface area contributed by atoms with E-state index in [0.717, 1.165) is 17.7 Å². The third-order valence-corrected chi connectivity index (χ3v) is 2.60. The predicted octanol–water partition coefficient (Wildman–Crippen LogP) is 1.29. The van der Waals surface area contributed by atoms with Crippen LogP contribution in [-0.4, -0.2) is 27.2 Å². The lowest BCUT2D eigenvalue weighted by Crippen LogP contribution is -2.19. The summed E-state index contributed by atoms with van der Waals surface area (Å²) in [4.78, 5) is 22.2. The quantitative estimate of drug-likeness (QED) is 0.820. The zero-order valence-corrected chi connectivity index (χ0v) is 10.5. The number of nitrogens with zero attached hydrogens (tertiary/aromatic N) is 3. The smallest absolute Gasteiger partial charge is 0.246 e. The van der Waals surface area contributed by atoms with E-state index in [1.54, 1.807) is 0 Å². The SMILES string of the molecule is CCc1cccc(NC(=O)Cn2cc(C=O)nn2)c1. The molecule has 1 aromatic heterocycles. The van der Waals surface area contributed by atoms with E-state index in [1.165, 1.54) is 10.9 Å². The van der Waals surface area contributed by atoms with Gasteiger partial charge < -0.3 is 5.32 Å². The van der Waals surface area contributed by atoms with Gasteiger partial charge in [-0.05, 0) is 24.1 Å². The number of aryl methyl sites for hydroxylation is 1. The normalized spacial score (nSPS) is 10.2. The number of nitrogens with one attached hydrogen (secondary N) is 1. The summed E-state index contributed by atoms with van der Waals surface area (Å²) in [6.45, 7) is 2.08. The van der Waals surface area contributed by atoms with Crippen LogP contribution in [-0.2, 0) is 17.8 Å². The molecule has 0 aliphatic rings. The Morgan fingerprint density at radius 2 is 2.32 bits per heavy atom. The van der Waals surface area contributed by atoms with Crippen LogP contribution in [0.2, 0.25) is 0 Å². The Bertz CT molecular complexity index is 592. The molecule has 0 saturated heterocycles. The number of carbonyl (C=O) groups excluding carboxylic acids is 2. The molecule has 1 aromatic carbocycles. The van der Waals surface area contributed by atoms with E-state index in [2.05, 4.69) is 22.6 Å². The lowest BCUT2D eigenvalue weighted by molar-refractivity contribution is -0.116. The van der Waals surface area contributed by atoms with Gasteiger partial charge in [-0.25, -0.2) is 4.68 Å². The molecule has 1 heterocycles. The fraction of sp³-hybridized carbons (Fsp3) is 0.231. The molecule has 19 heavy (non-hydrogen) atoms. The number of aromatic nitrogens is 3. The third-order valence-electron chi connectivity index (χ3n) is 2.60. The molecule has 0 bridgehead atoms. The first-order valence-electron chi connectivity index (χ1n) is 5.95. The van der Waals surface area contributed by atoms with Crippen molar-refractivity contribution < 1.29 is 9.59 Å². The van der Waals surface area contributed by atoms with Crippen molar-refractivity contribution in [2.24, 2.45) is 0 Å². The van der Waals surface area contributed by atoms with Gasteiger partial charge in [-0.2, -0.15) is 0 Å². The highest BCUT2D eigenvalue weighted by atomic mass is 16.2. The van der Waals surface area contributed by atoms with Gasteiger partial charge in [0.25, 0.3) is 0 Å². The number of carbonyl (C=O) groups is 2. The summed E-state index contributed by atoms with van der Waals surface area (Å²) < 4.78 is 1.32. The molecule has 6 heteroatoms. The summed E-state index contributed by atoms with van der Waals surface area (Å²) in [5, 5.41) is 10.0. The molecule has 1 amide bonds. The second-order valence-electron chi connectivity index (χ2n) is 4.06. The topological polar surface area (TPSA) is 76.9 Å². The van der Waals surface area contributed by atoms with Crippen LogP contribution < -0.4 is 5.32 Å². The van der Waals surface area contributed by atoms with Gasteiger partial charge in [-0.3, -0.25) is 9.59 Å². The molecule has 98 valence electrons. The van der Waals surface area contributed by atoms with Crippen LogP contribution in [0, 0.1) is 0 Å². The Labute approximate surface area is 110 Å². The minimum absolute atomic E-state index is 0.0250. The largest absolute Gasteiger partial charge is 0.324 e. The first-order chi connectivity index (χ1) is 9.21. The molecule has 0 saturated carbocycles. The summed E-state index contributed by atoms with van der Waals surface area (Å²) >= 11 is 0. The van der Waals surface area contributed by atoms with Crippen molar-refractivity contribution in [3.63, 3.8) is 0 Å². The summed E-state index contributed by atoms with van der Waals surface area (Å²) in [5.41, 5.74) is 2.11. The summed E-state index contributed by atoms with van der Waals surface area (Å²) in [5.74, 6) is -0.212. The molecular formula is C13H14N4O2. The van der Waals surface area contributed by atoms with E-state index >= 15 is 0 Å². The molecule has 0 aliphatic carbocycles. The van der Waals surface area contributed by atoms with E-state index < -0.39 is 0 Å². The highest BCUT2D eigenvalue weighted by molar-refractivity contribution is 5.90. The fourth-order valence-corrected chi connectivity index (χ4v) is 1.66. The van der Waals surface area contributed by atoms with E-state index in [-0.39, 0.29) is 18.1 Å². The molecule has 2 rings (SSSR count). The highest BCUT2D eigenvalue weighted by Gasteiger charge is 2.06. The first kappa shape index (κ1) is 12.9. The van der Waals surface area contributed by atoms with Crippen molar-refractivity contribution in [1.29, 1.82) is 0 Å². The van der Waals surface area contributed by atoms with Gasteiger partial charge in [0.05, 0.1) is 6.20 Å². The van der Waals surface area contributed by atoms with Crippen molar-refractivity contribution in [2.75, 3.05) is 5.32 Å². The average molecular weight is 258 g/mol. The molecule has 0 fully saturated rings. The van der Waals surface area contributed by atoms with Crippen LogP contribution in [0.25, 0.3) is 0 Å². The van der Waals surface area contributed by atoms with Crippen molar-refractivity contribution in [3.8, 4) is 0 Å². The van der Waals surface area contributed by atoms with Crippen LogP contribution in [0.3, 0.4) is 0 Å². The van der Waals surface area contributed by atoms with E-state index in [1.807, 2.05) is 24.3 Å². The highest BCUT2D eigenvalue weighted by Crippen LogP contribution is 2.11. The van der Waals surface area contributed by atoms with Crippen LogP contribution in [0.5, 0.6) is 0 Å². The van der Waals surface area contributed by atoms with Gasteiger partial charge in [-0.15, -0.1) is 5.10 Å². The van der Waals surface area contributed by atoms with Crippen LogP contribution >= 0.6 is 0 Å². The van der Waals surface area contributed by atoms with Crippen LogP contribution in [0.15, 0.2) is 30.5 Å². The lowest BCUT2D eigenvalue weighted by Gasteiger charge is -2.06. The van der Waals surface area contributed by atoms with Gasteiger partial charge in [0.1, 0.15) is 12.2 Å². The first-order valence-corrected chi connectivity index (χ1v) is 5.95. The van der Waals surface area contributed by atoms with Gasteiger partial charge in [0.2, 0.25) is 5.91 Å². The molecule has 2 aromatic rings. The molecule has 0 unspecified atom stereocenters. The second kappa shape index (κ2) is 5.90. The van der Waals surface area contributed by atoms with Gasteiger partial charge in [0.15, 0.2) is 6.29 Å². The minimum atomic E-state index is -0.212. The van der Waals surface area contributed by atoms with Crippen LogP contribution in [0.1, 0.15) is 23.0 Å². The summed E-state index contributed by atoms with van der Waals surface area (Å²) in [6.07, 6.45) is 2.93. The number of hydrogen-bond donors (Lipinski definition) is 1. The maximum Gasteiger partial charge on any atom is 0.246 e. The second-order valence-corrected chi connectivity index (χ2v) is 4.06. The van der Waals surface area contributed by atoms with Crippen molar-refractivity contribution in [1.82, 2.24) is 15.0 Å². The summed E-state index contributed by atoms with van der Waals surface area (Å²) in [7, 11) is 0. The maximum absolute atomic E-state index is 11.8. The number of hydrogen-bond acceptors (Lipinski definition) is 4. The Morgan fingerprint density at radius 3 is 3.00 bits per heavy atom. The third kappa shape index (κ3) is 3.48. The van der Waals surface area contributed by atoms with Crippen molar-refractivity contribution in [3.05, 3.63) is 41.7 Å². The standard InChI is InChI=1S/C13H14N4O2/c1-2-10-4-3-5-11(6-10)14-13(19)8-17-7-12(9-18)15-16-17/h3-7,9H,2,8H2,1H3,(H,14,19). The van der Waals surface area contributed by atoms with Crippen LogP contribution in [0.4, 0.5) is 5.69 Å². The molecule has 0 radical (unpaired) electrons. The molecular weight excluding hydrogens is 244 g/mol. The maximum atomic E-state index is 11.8. The van der Waals surface area contributed by atoms with Gasteiger partial charge in [0, 0.05) is 5.69 Å². The monoisotopic (exact) mass is 258 g/mol. The molecule has 0 aliphatic heterocycles. The number of aldehydes is 1. The fourth-order valence-electron chi connectivity index (χ4n) is 1.66. The molecule has 0 spiro atoms. The number of amides is 1.